The van der Waals surface area contributed by atoms with Gasteiger partial charge >= 0.3 is 0 Å². The molecular weight excluding hydrogens is 166 g/mol. The van der Waals surface area contributed by atoms with Gasteiger partial charge in [0.25, 0.3) is 0 Å². The fourth-order valence-electron chi connectivity index (χ4n) is 0.430. The maximum absolute atomic E-state index is 11.9. The highest BCUT2D eigenvalue weighted by molar-refractivity contribution is 5.44. The molecule has 0 aliphatic rings. The zero-order valence-corrected chi connectivity index (χ0v) is 6.13. The van der Waals surface area contributed by atoms with E-state index in [9.17, 15) is 8.78 Å². The van der Waals surface area contributed by atoms with Gasteiger partial charge in [-0.05, 0) is 24.3 Å². The number of hydrogen-bond acceptors (Lipinski definition) is 2. The molecule has 1 aromatic carbocycles. The minimum absolute atomic E-state index is 0.403. The van der Waals surface area contributed by atoms with E-state index in [2.05, 4.69) is 5.84 Å². The zero-order chi connectivity index (χ0) is 9.40. The third-order valence-electron chi connectivity index (χ3n) is 0.872. The Morgan fingerprint density at radius 2 is 1.42 bits per heavy atom. The average Bonchev–Trinajstić information content (AvgIpc) is 2.11. The van der Waals surface area contributed by atoms with E-state index >= 15 is 0 Å². The lowest BCUT2D eigenvalue weighted by molar-refractivity contribution is -0.109. The van der Waals surface area contributed by atoms with Crippen molar-refractivity contribution in [3.8, 4) is 0 Å². The van der Waals surface area contributed by atoms with Crippen molar-refractivity contribution in [3.05, 3.63) is 35.9 Å². The van der Waals surface area contributed by atoms with Gasteiger partial charge in [0, 0.05) is 0 Å². The Kier molecular flexibility index (Phi) is 5.46. The first-order chi connectivity index (χ1) is 5.70. The van der Waals surface area contributed by atoms with Crippen molar-refractivity contribution >= 4 is 6.41 Å². The normalized spacial score (nSPS) is 7.92. The summed E-state index contributed by atoms with van der Waals surface area (Å²) in [5, 5.41) is 0. The van der Waals surface area contributed by atoms with Crippen LogP contribution in [0, 0.1) is 11.6 Å². The van der Waals surface area contributed by atoms with Crippen molar-refractivity contribution in [1.82, 2.24) is 5.43 Å². The second-order valence-electron chi connectivity index (χ2n) is 1.72. The van der Waals surface area contributed by atoms with Crippen molar-refractivity contribution in [2.24, 2.45) is 5.84 Å². The molecule has 5 heteroatoms. The molecule has 0 unspecified atom stereocenters. The zero-order valence-electron chi connectivity index (χ0n) is 6.13. The van der Waals surface area contributed by atoms with Gasteiger partial charge in [0.15, 0.2) is 0 Å². The van der Waals surface area contributed by atoms with Gasteiger partial charge < -0.3 is 0 Å². The molecule has 0 bridgehead atoms. The summed E-state index contributed by atoms with van der Waals surface area (Å²) in [5.41, 5.74) is 1.75. The van der Waals surface area contributed by atoms with E-state index < -0.39 is 11.6 Å². The lowest BCUT2D eigenvalue weighted by Gasteiger charge is -1.83. The Morgan fingerprint density at radius 3 is 1.58 bits per heavy atom. The third kappa shape index (κ3) is 5.31. The van der Waals surface area contributed by atoms with Gasteiger partial charge in [-0.15, -0.1) is 0 Å². The molecule has 0 aromatic heterocycles. The SMILES string of the molecule is Fc1ccc(F)cc1.NNC=O. The van der Waals surface area contributed by atoms with Crippen LogP contribution in [0.5, 0.6) is 0 Å². The maximum Gasteiger partial charge on any atom is 0.221 e. The van der Waals surface area contributed by atoms with E-state index in [0.717, 1.165) is 24.3 Å². The van der Waals surface area contributed by atoms with Crippen LogP contribution in [0.4, 0.5) is 8.78 Å². The number of nitrogens with two attached hydrogens (primary N) is 1. The molecule has 1 aromatic rings. The third-order valence-corrected chi connectivity index (χ3v) is 0.872. The fraction of sp³-hybridized carbons (Fsp3) is 0. The second kappa shape index (κ2) is 6.23. The molecule has 66 valence electrons. The van der Waals surface area contributed by atoms with Gasteiger partial charge in [-0.1, -0.05) is 0 Å². The molecule has 1 amide bonds. The number of benzene rings is 1. The van der Waals surface area contributed by atoms with E-state index in [1.165, 1.54) is 0 Å². The molecule has 0 radical (unpaired) electrons. The summed E-state index contributed by atoms with van der Waals surface area (Å²) in [6, 6.07) is 4.31. The Labute approximate surface area is 68.2 Å². The number of carbonyl (C=O) groups is 1. The number of hydrazine groups is 1. The molecular formula is C7H8F2N2O. The summed E-state index contributed by atoms with van der Waals surface area (Å²) in [6.45, 7) is 0. The highest BCUT2D eigenvalue weighted by atomic mass is 19.1. The number of nitrogens with one attached hydrogen (secondary N) is 1. The van der Waals surface area contributed by atoms with Gasteiger partial charge in [-0.3, -0.25) is 10.2 Å². The maximum atomic E-state index is 11.9. The molecule has 0 atom stereocenters. The number of rotatable bonds is 1. The number of amides is 1. The van der Waals surface area contributed by atoms with Crippen LogP contribution in [0.1, 0.15) is 0 Å². The monoisotopic (exact) mass is 174 g/mol. The molecule has 12 heavy (non-hydrogen) atoms. The number of carbonyl (C=O) groups excluding carboxylic acids is 1. The first-order valence-electron chi connectivity index (χ1n) is 3.01. The summed E-state index contributed by atoms with van der Waals surface area (Å²) < 4.78 is 23.8. The van der Waals surface area contributed by atoms with Crippen molar-refractivity contribution in [3.63, 3.8) is 0 Å². The summed E-state index contributed by atoms with van der Waals surface area (Å²) in [5.74, 6) is 3.59. The number of halogens is 2. The predicted molar refractivity (Wildman–Crippen MR) is 39.7 cm³/mol. The largest absolute Gasteiger partial charge is 0.297 e. The smallest absolute Gasteiger partial charge is 0.221 e. The molecule has 0 aliphatic heterocycles. The highest BCUT2D eigenvalue weighted by Crippen LogP contribution is 1.98. The van der Waals surface area contributed by atoms with Gasteiger partial charge in [-0.25, -0.2) is 14.6 Å². The van der Waals surface area contributed by atoms with Crippen LogP contribution in [0.25, 0.3) is 0 Å². The minimum atomic E-state index is -0.411. The van der Waals surface area contributed by atoms with Crippen LogP contribution in [-0.2, 0) is 4.79 Å². The highest BCUT2D eigenvalue weighted by Gasteiger charge is 1.86. The topological polar surface area (TPSA) is 55.1 Å². The fourth-order valence-corrected chi connectivity index (χ4v) is 0.430. The van der Waals surface area contributed by atoms with Crippen LogP contribution in [0.2, 0.25) is 0 Å². The van der Waals surface area contributed by atoms with Crippen LogP contribution in [0.15, 0.2) is 24.3 Å². The molecule has 0 spiro atoms. The van der Waals surface area contributed by atoms with Gasteiger partial charge in [0.2, 0.25) is 6.41 Å². The van der Waals surface area contributed by atoms with Crippen molar-refractivity contribution < 1.29 is 13.6 Å². The van der Waals surface area contributed by atoms with Crippen molar-refractivity contribution in [1.29, 1.82) is 0 Å². The molecule has 0 heterocycles. The molecule has 0 aliphatic carbocycles. The Balaban J connectivity index is 0.000000261. The van der Waals surface area contributed by atoms with Gasteiger partial charge in [0.05, 0.1) is 0 Å². The Morgan fingerprint density at radius 1 is 1.17 bits per heavy atom. The van der Waals surface area contributed by atoms with E-state index in [1.807, 2.05) is 0 Å². The summed E-state index contributed by atoms with van der Waals surface area (Å²) >= 11 is 0. The van der Waals surface area contributed by atoms with E-state index in [0.29, 0.717) is 6.41 Å². The summed E-state index contributed by atoms with van der Waals surface area (Å²) in [7, 11) is 0. The molecule has 0 saturated carbocycles. The summed E-state index contributed by atoms with van der Waals surface area (Å²) in [6.07, 6.45) is 0.403. The van der Waals surface area contributed by atoms with Crippen LogP contribution >= 0.6 is 0 Å². The minimum Gasteiger partial charge on any atom is -0.297 e. The first-order valence-corrected chi connectivity index (χ1v) is 3.01. The van der Waals surface area contributed by atoms with Crippen LogP contribution in [-0.4, -0.2) is 6.41 Å². The van der Waals surface area contributed by atoms with Crippen molar-refractivity contribution in [2.45, 2.75) is 0 Å². The van der Waals surface area contributed by atoms with Gasteiger partial charge in [0.1, 0.15) is 11.6 Å². The second-order valence-corrected chi connectivity index (χ2v) is 1.72. The molecule has 1 rings (SSSR count). The number of hydrogen-bond donors (Lipinski definition) is 2. The Bertz CT molecular complexity index is 204. The van der Waals surface area contributed by atoms with Crippen LogP contribution in [0.3, 0.4) is 0 Å². The van der Waals surface area contributed by atoms with Gasteiger partial charge in [-0.2, -0.15) is 0 Å². The Hall–Kier alpha value is -1.49. The molecule has 3 nitrogen and oxygen atoms in total. The lowest BCUT2D eigenvalue weighted by atomic mass is 10.3. The van der Waals surface area contributed by atoms with E-state index in [1.54, 1.807) is 5.43 Å². The average molecular weight is 174 g/mol. The predicted octanol–water partition coefficient (Wildman–Crippen LogP) is 0.571. The quantitative estimate of drug-likeness (QED) is 0.283. The van der Waals surface area contributed by atoms with Crippen LogP contribution < -0.4 is 11.3 Å². The van der Waals surface area contributed by atoms with E-state index in [4.69, 9.17) is 4.79 Å². The molecule has 0 fully saturated rings. The van der Waals surface area contributed by atoms with Crippen molar-refractivity contribution in [2.75, 3.05) is 0 Å². The summed E-state index contributed by atoms with van der Waals surface area (Å²) in [4.78, 5) is 8.94. The lowest BCUT2D eigenvalue weighted by Crippen LogP contribution is -2.18. The first kappa shape index (κ1) is 10.5. The van der Waals surface area contributed by atoms with E-state index in [-0.39, 0.29) is 0 Å². The molecule has 3 N–H and O–H groups in total. The standard InChI is InChI=1S/C6H4F2.CH4N2O/c7-5-1-2-6(8)4-3-5;2-3-1-4/h1-4H;1H,2H2,(H,3,4). The molecule has 0 saturated heterocycles.